The molecular weight excluding hydrogens is 180 g/mol. The number of rotatable bonds is 2. The molecule has 0 aliphatic heterocycles. The van der Waals surface area contributed by atoms with Gasteiger partial charge in [0.25, 0.3) is 0 Å². The SMILES string of the molecule is CCSC(=S)C(=O)OC(C)C. The van der Waals surface area contributed by atoms with Crippen molar-refractivity contribution in [2.24, 2.45) is 0 Å². The molecule has 0 heterocycles. The van der Waals surface area contributed by atoms with E-state index in [0.29, 0.717) is 4.20 Å². The summed E-state index contributed by atoms with van der Waals surface area (Å²) in [7, 11) is 0. The average Bonchev–Trinajstić information content (AvgIpc) is 1.86. The number of ether oxygens (including phenoxy) is 1. The molecular formula is C7H12O2S2. The maximum Gasteiger partial charge on any atom is 0.356 e. The summed E-state index contributed by atoms with van der Waals surface area (Å²) in [6.07, 6.45) is -0.0853. The van der Waals surface area contributed by atoms with E-state index in [4.69, 9.17) is 17.0 Å². The van der Waals surface area contributed by atoms with Crippen LogP contribution in [0.15, 0.2) is 0 Å². The summed E-state index contributed by atoms with van der Waals surface area (Å²) < 4.78 is 5.18. The lowest BCUT2D eigenvalue weighted by atomic mass is 10.5. The molecule has 11 heavy (non-hydrogen) atoms. The molecule has 0 bridgehead atoms. The molecule has 4 heteroatoms. The van der Waals surface area contributed by atoms with E-state index >= 15 is 0 Å². The molecule has 0 rings (SSSR count). The fourth-order valence-electron chi connectivity index (χ4n) is 0.452. The minimum absolute atomic E-state index is 0.0853. The van der Waals surface area contributed by atoms with Crippen molar-refractivity contribution in [3.05, 3.63) is 0 Å². The standard InChI is InChI=1S/C7H12O2S2/c1-4-11-7(10)6(8)9-5(2)3/h5H,4H2,1-3H3. The Labute approximate surface area is 76.7 Å². The van der Waals surface area contributed by atoms with Gasteiger partial charge in [0.05, 0.1) is 6.10 Å². The number of thioether (sulfide) groups is 1. The van der Waals surface area contributed by atoms with Crippen molar-refractivity contribution >= 4 is 34.1 Å². The first kappa shape index (κ1) is 10.9. The summed E-state index contributed by atoms with van der Waals surface area (Å²) in [5.41, 5.74) is 0. The second-order valence-corrected chi connectivity index (χ2v) is 4.12. The zero-order valence-corrected chi connectivity index (χ0v) is 8.55. The van der Waals surface area contributed by atoms with E-state index in [9.17, 15) is 4.79 Å². The predicted molar refractivity (Wildman–Crippen MR) is 52.0 cm³/mol. The number of carbonyl (C=O) groups excluding carboxylic acids is 1. The van der Waals surface area contributed by atoms with Crippen LogP contribution in [0, 0.1) is 0 Å². The molecule has 64 valence electrons. The molecule has 0 aromatic rings. The van der Waals surface area contributed by atoms with E-state index in [0.717, 1.165) is 5.75 Å². The van der Waals surface area contributed by atoms with Crippen LogP contribution >= 0.6 is 24.0 Å². The topological polar surface area (TPSA) is 26.3 Å². The quantitative estimate of drug-likeness (QED) is 0.494. The molecule has 0 saturated heterocycles. The fraction of sp³-hybridized carbons (Fsp3) is 0.714. The number of carbonyl (C=O) groups is 1. The van der Waals surface area contributed by atoms with E-state index in [1.807, 2.05) is 6.92 Å². The van der Waals surface area contributed by atoms with Crippen molar-refractivity contribution in [2.75, 3.05) is 5.75 Å². The second-order valence-electron chi connectivity index (χ2n) is 2.17. The van der Waals surface area contributed by atoms with Crippen molar-refractivity contribution in [3.8, 4) is 0 Å². The Hall–Kier alpha value is -0.0900. The number of thiocarbonyl (C=S) groups is 1. The first-order chi connectivity index (χ1) is 5.07. The maximum atomic E-state index is 11.0. The first-order valence-corrected chi connectivity index (χ1v) is 4.85. The van der Waals surface area contributed by atoms with Gasteiger partial charge in [-0.15, -0.1) is 11.8 Å². The Morgan fingerprint density at radius 2 is 2.18 bits per heavy atom. The Morgan fingerprint density at radius 3 is 2.55 bits per heavy atom. The third-order valence-corrected chi connectivity index (χ3v) is 2.02. The molecule has 0 aromatic heterocycles. The minimum atomic E-state index is -0.373. The highest BCUT2D eigenvalue weighted by Crippen LogP contribution is 2.06. The van der Waals surface area contributed by atoms with Gasteiger partial charge in [0.1, 0.15) is 0 Å². The van der Waals surface area contributed by atoms with Gasteiger partial charge in [-0.2, -0.15) is 0 Å². The molecule has 2 nitrogen and oxygen atoms in total. The normalized spacial score (nSPS) is 9.82. The van der Waals surface area contributed by atoms with Crippen molar-refractivity contribution in [3.63, 3.8) is 0 Å². The van der Waals surface area contributed by atoms with Crippen LogP contribution in [0.25, 0.3) is 0 Å². The highest BCUT2D eigenvalue weighted by Gasteiger charge is 2.11. The molecule has 0 amide bonds. The van der Waals surface area contributed by atoms with Crippen LogP contribution in [0.4, 0.5) is 0 Å². The van der Waals surface area contributed by atoms with Crippen LogP contribution in [0.5, 0.6) is 0 Å². The van der Waals surface area contributed by atoms with Crippen LogP contribution in [-0.4, -0.2) is 22.0 Å². The lowest BCUT2D eigenvalue weighted by molar-refractivity contribution is -0.138. The molecule has 0 atom stereocenters. The number of esters is 1. The third-order valence-electron chi connectivity index (χ3n) is 0.785. The third kappa shape index (κ3) is 5.21. The van der Waals surface area contributed by atoms with Gasteiger partial charge >= 0.3 is 5.97 Å². The highest BCUT2D eigenvalue weighted by atomic mass is 32.2. The fourth-order valence-corrected chi connectivity index (χ4v) is 1.28. The summed E-state index contributed by atoms with van der Waals surface area (Å²) in [4.78, 5) is 11.0. The largest absolute Gasteiger partial charge is 0.458 e. The summed E-state index contributed by atoms with van der Waals surface area (Å²) in [6.45, 7) is 5.55. The van der Waals surface area contributed by atoms with Crippen molar-refractivity contribution in [2.45, 2.75) is 26.9 Å². The molecule has 0 unspecified atom stereocenters. The maximum absolute atomic E-state index is 11.0. The Bertz CT molecular complexity index is 155. The zero-order valence-electron chi connectivity index (χ0n) is 6.92. The molecule has 0 saturated carbocycles. The number of hydrogen-bond acceptors (Lipinski definition) is 4. The molecule has 0 N–H and O–H groups in total. The van der Waals surface area contributed by atoms with Gasteiger partial charge < -0.3 is 4.74 Å². The molecule has 0 radical (unpaired) electrons. The van der Waals surface area contributed by atoms with Crippen LogP contribution in [0.1, 0.15) is 20.8 Å². The second kappa shape index (κ2) is 5.55. The molecule has 0 aliphatic carbocycles. The first-order valence-electron chi connectivity index (χ1n) is 3.45. The van der Waals surface area contributed by atoms with Gasteiger partial charge in [-0.05, 0) is 19.6 Å². The van der Waals surface area contributed by atoms with E-state index in [2.05, 4.69) is 0 Å². The van der Waals surface area contributed by atoms with Crippen LogP contribution < -0.4 is 0 Å². The van der Waals surface area contributed by atoms with Crippen molar-refractivity contribution in [1.29, 1.82) is 0 Å². The Balaban J connectivity index is 3.74. The molecule has 0 fully saturated rings. The average molecular weight is 192 g/mol. The van der Waals surface area contributed by atoms with Gasteiger partial charge in [-0.25, -0.2) is 4.79 Å². The van der Waals surface area contributed by atoms with E-state index in [1.54, 1.807) is 13.8 Å². The number of hydrogen-bond donors (Lipinski definition) is 0. The molecule has 0 spiro atoms. The monoisotopic (exact) mass is 192 g/mol. The minimum Gasteiger partial charge on any atom is -0.458 e. The zero-order chi connectivity index (χ0) is 8.85. The predicted octanol–water partition coefficient (Wildman–Crippen LogP) is 2.02. The highest BCUT2D eigenvalue weighted by molar-refractivity contribution is 8.25. The molecule has 0 aromatic carbocycles. The van der Waals surface area contributed by atoms with Gasteiger partial charge in [-0.1, -0.05) is 19.1 Å². The Morgan fingerprint density at radius 1 is 1.64 bits per heavy atom. The summed E-state index contributed by atoms with van der Waals surface area (Å²) in [5, 5.41) is 0. The van der Waals surface area contributed by atoms with Crippen LogP contribution in [0.3, 0.4) is 0 Å². The van der Waals surface area contributed by atoms with Crippen molar-refractivity contribution in [1.82, 2.24) is 0 Å². The van der Waals surface area contributed by atoms with Crippen LogP contribution in [0.2, 0.25) is 0 Å². The Kier molecular flexibility index (Phi) is 5.50. The van der Waals surface area contributed by atoms with Gasteiger partial charge in [-0.3, -0.25) is 0 Å². The van der Waals surface area contributed by atoms with Crippen LogP contribution in [-0.2, 0) is 9.53 Å². The van der Waals surface area contributed by atoms with Gasteiger partial charge in [0.2, 0.25) is 0 Å². The lowest BCUT2D eigenvalue weighted by Gasteiger charge is -2.06. The van der Waals surface area contributed by atoms with E-state index in [1.165, 1.54) is 11.8 Å². The lowest BCUT2D eigenvalue weighted by Crippen LogP contribution is -2.17. The van der Waals surface area contributed by atoms with Gasteiger partial charge in [0, 0.05) is 0 Å². The van der Waals surface area contributed by atoms with Crippen molar-refractivity contribution < 1.29 is 9.53 Å². The van der Waals surface area contributed by atoms with E-state index in [-0.39, 0.29) is 12.1 Å². The van der Waals surface area contributed by atoms with E-state index < -0.39 is 0 Å². The summed E-state index contributed by atoms with van der Waals surface area (Å²) >= 11 is 6.12. The smallest absolute Gasteiger partial charge is 0.356 e. The van der Waals surface area contributed by atoms with Gasteiger partial charge in [0.15, 0.2) is 4.20 Å². The summed E-state index contributed by atoms with van der Waals surface area (Å²) in [5.74, 6) is 0.438. The summed E-state index contributed by atoms with van der Waals surface area (Å²) in [6, 6.07) is 0. The molecule has 0 aliphatic rings.